The Bertz CT molecular complexity index is 274. The summed E-state index contributed by atoms with van der Waals surface area (Å²) in [6.45, 7) is 1.52. The Kier molecular flexibility index (Phi) is 3.58. The van der Waals surface area contributed by atoms with Gasteiger partial charge in [-0.2, -0.15) is 0 Å². The Labute approximate surface area is 82.9 Å². The van der Waals surface area contributed by atoms with Crippen molar-refractivity contribution < 1.29 is 8.78 Å². The molecule has 0 saturated heterocycles. The summed E-state index contributed by atoms with van der Waals surface area (Å²) in [5.74, 6) is 0. The van der Waals surface area contributed by atoms with Crippen LogP contribution in [0.25, 0.3) is 0 Å². The van der Waals surface area contributed by atoms with Crippen LogP contribution in [0.5, 0.6) is 0 Å². The summed E-state index contributed by atoms with van der Waals surface area (Å²) < 4.78 is 25.4. The van der Waals surface area contributed by atoms with Crippen LogP contribution in [0.15, 0.2) is 30.3 Å². The molecule has 1 unspecified atom stereocenters. The van der Waals surface area contributed by atoms with Gasteiger partial charge in [-0.1, -0.05) is 37.3 Å². The van der Waals surface area contributed by atoms with Crippen LogP contribution in [0.2, 0.25) is 0 Å². The van der Waals surface area contributed by atoms with Crippen LogP contribution in [0.1, 0.15) is 12.5 Å². The first-order chi connectivity index (χ1) is 6.58. The van der Waals surface area contributed by atoms with Gasteiger partial charge in [0.2, 0.25) is 6.43 Å². The van der Waals surface area contributed by atoms with Gasteiger partial charge in [0, 0.05) is 12.0 Å². The highest BCUT2D eigenvalue weighted by atomic mass is 19.3. The van der Waals surface area contributed by atoms with E-state index in [1.54, 1.807) is 0 Å². The normalized spacial score (nSPS) is 15.5. The maximum atomic E-state index is 12.7. The Balaban J connectivity index is 2.76. The number of hydrogen-bond donors (Lipinski definition) is 1. The monoisotopic (exact) mass is 199 g/mol. The molecule has 14 heavy (non-hydrogen) atoms. The zero-order chi connectivity index (χ0) is 10.6. The zero-order valence-electron chi connectivity index (χ0n) is 8.21. The first kappa shape index (κ1) is 11.1. The van der Waals surface area contributed by atoms with Crippen LogP contribution in [0, 0.1) is 5.41 Å². The Morgan fingerprint density at radius 1 is 1.29 bits per heavy atom. The Morgan fingerprint density at radius 2 is 1.86 bits per heavy atom. The average molecular weight is 199 g/mol. The third-order valence-electron chi connectivity index (χ3n) is 2.44. The average Bonchev–Trinajstić information content (AvgIpc) is 2.19. The molecule has 0 aromatic heterocycles. The van der Waals surface area contributed by atoms with Gasteiger partial charge in [-0.05, 0) is 12.0 Å². The number of hydrogen-bond acceptors (Lipinski definition) is 1. The van der Waals surface area contributed by atoms with Gasteiger partial charge in [-0.3, -0.25) is 0 Å². The SMILES string of the molecule is CC(CN)(Cc1ccccc1)C(F)F. The van der Waals surface area contributed by atoms with E-state index in [0.29, 0.717) is 6.42 Å². The van der Waals surface area contributed by atoms with Crippen molar-refractivity contribution in [1.82, 2.24) is 0 Å². The smallest absolute Gasteiger partial charge is 0.245 e. The van der Waals surface area contributed by atoms with Gasteiger partial charge in [0.1, 0.15) is 0 Å². The minimum absolute atomic E-state index is 0.000436. The Morgan fingerprint density at radius 3 is 2.29 bits per heavy atom. The van der Waals surface area contributed by atoms with Gasteiger partial charge < -0.3 is 5.73 Å². The molecule has 1 atom stereocenters. The molecule has 0 spiro atoms. The topological polar surface area (TPSA) is 26.0 Å². The fourth-order valence-corrected chi connectivity index (χ4v) is 1.30. The van der Waals surface area contributed by atoms with Crippen molar-refractivity contribution >= 4 is 0 Å². The molecule has 1 rings (SSSR count). The lowest BCUT2D eigenvalue weighted by Crippen LogP contribution is -2.36. The van der Waals surface area contributed by atoms with Crippen molar-refractivity contribution in [2.24, 2.45) is 11.1 Å². The molecule has 1 nitrogen and oxygen atoms in total. The second kappa shape index (κ2) is 4.51. The maximum Gasteiger partial charge on any atom is 0.245 e. The molecule has 1 aromatic rings. The largest absolute Gasteiger partial charge is 0.330 e. The number of benzene rings is 1. The van der Waals surface area contributed by atoms with Gasteiger partial charge in [0.05, 0.1) is 0 Å². The quantitative estimate of drug-likeness (QED) is 0.792. The van der Waals surface area contributed by atoms with Crippen molar-refractivity contribution in [3.8, 4) is 0 Å². The van der Waals surface area contributed by atoms with Crippen LogP contribution in [0.3, 0.4) is 0 Å². The molecule has 0 aliphatic heterocycles. The molecule has 78 valence electrons. The van der Waals surface area contributed by atoms with Crippen LogP contribution in [0.4, 0.5) is 8.78 Å². The van der Waals surface area contributed by atoms with E-state index in [-0.39, 0.29) is 6.54 Å². The summed E-state index contributed by atoms with van der Waals surface area (Å²) in [5.41, 5.74) is 5.17. The molecule has 0 amide bonds. The molecule has 0 heterocycles. The predicted octanol–water partition coefficient (Wildman–Crippen LogP) is 2.46. The highest BCUT2D eigenvalue weighted by molar-refractivity contribution is 5.16. The second-order valence-corrected chi connectivity index (χ2v) is 3.82. The third-order valence-corrected chi connectivity index (χ3v) is 2.44. The summed E-state index contributed by atoms with van der Waals surface area (Å²) >= 11 is 0. The lowest BCUT2D eigenvalue weighted by atomic mass is 9.84. The first-order valence-corrected chi connectivity index (χ1v) is 4.60. The van der Waals surface area contributed by atoms with E-state index in [2.05, 4.69) is 0 Å². The van der Waals surface area contributed by atoms with E-state index in [1.165, 1.54) is 6.92 Å². The van der Waals surface area contributed by atoms with E-state index >= 15 is 0 Å². The van der Waals surface area contributed by atoms with Crippen LogP contribution in [-0.4, -0.2) is 13.0 Å². The lowest BCUT2D eigenvalue weighted by molar-refractivity contribution is 0.0133. The molecule has 0 bridgehead atoms. The molecule has 2 N–H and O–H groups in total. The molecule has 1 aromatic carbocycles. The molecule has 0 radical (unpaired) electrons. The van der Waals surface area contributed by atoms with Crippen LogP contribution in [-0.2, 0) is 6.42 Å². The van der Waals surface area contributed by atoms with Crippen molar-refractivity contribution in [2.45, 2.75) is 19.8 Å². The van der Waals surface area contributed by atoms with Gasteiger partial charge in [-0.25, -0.2) is 8.78 Å². The molecule has 3 heteroatoms. The fourth-order valence-electron chi connectivity index (χ4n) is 1.30. The summed E-state index contributed by atoms with van der Waals surface area (Å²) in [5, 5.41) is 0. The molecular weight excluding hydrogens is 184 g/mol. The number of halogens is 2. The summed E-state index contributed by atoms with van der Waals surface area (Å²) in [7, 11) is 0. The zero-order valence-corrected chi connectivity index (χ0v) is 8.21. The predicted molar refractivity (Wildman–Crippen MR) is 53.3 cm³/mol. The number of nitrogens with two attached hydrogens (primary N) is 1. The van der Waals surface area contributed by atoms with E-state index in [1.807, 2.05) is 30.3 Å². The molecular formula is C11H15F2N. The second-order valence-electron chi connectivity index (χ2n) is 3.82. The lowest BCUT2D eigenvalue weighted by Gasteiger charge is -2.26. The first-order valence-electron chi connectivity index (χ1n) is 4.60. The molecule has 0 fully saturated rings. The maximum absolute atomic E-state index is 12.7. The van der Waals surface area contributed by atoms with Crippen LogP contribution < -0.4 is 5.73 Å². The van der Waals surface area contributed by atoms with E-state index in [9.17, 15) is 8.78 Å². The molecule has 0 aliphatic carbocycles. The van der Waals surface area contributed by atoms with E-state index in [4.69, 9.17) is 5.73 Å². The highest BCUT2D eigenvalue weighted by Gasteiger charge is 2.33. The van der Waals surface area contributed by atoms with Crippen LogP contribution >= 0.6 is 0 Å². The van der Waals surface area contributed by atoms with Gasteiger partial charge in [0.15, 0.2) is 0 Å². The number of alkyl halides is 2. The van der Waals surface area contributed by atoms with Crippen molar-refractivity contribution in [3.63, 3.8) is 0 Å². The summed E-state index contributed by atoms with van der Waals surface area (Å²) in [6.07, 6.45) is -2.06. The van der Waals surface area contributed by atoms with Crippen molar-refractivity contribution in [2.75, 3.05) is 6.54 Å². The summed E-state index contributed by atoms with van der Waals surface area (Å²) in [4.78, 5) is 0. The minimum atomic E-state index is -2.38. The molecule has 0 saturated carbocycles. The van der Waals surface area contributed by atoms with Gasteiger partial charge >= 0.3 is 0 Å². The third kappa shape index (κ3) is 2.51. The Hall–Kier alpha value is -0.960. The van der Waals surface area contributed by atoms with Gasteiger partial charge in [0.25, 0.3) is 0 Å². The molecule has 0 aliphatic rings. The number of rotatable bonds is 4. The van der Waals surface area contributed by atoms with Crippen molar-refractivity contribution in [3.05, 3.63) is 35.9 Å². The fraction of sp³-hybridized carbons (Fsp3) is 0.455. The summed E-state index contributed by atoms with van der Waals surface area (Å²) in [6, 6.07) is 9.24. The minimum Gasteiger partial charge on any atom is -0.330 e. The van der Waals surface area contributed by atoms with Crippen molar-refractivity contribution in [1.29, 1.82) is 0 Å². The van der Waals surface area contributed by atoms with E-state index in [0.717, 1.165) is 5.56 Å². The van der Waals surface area contributed by atoms with E-state index < -0.39 is 11.8 Å². The highest BCUT2D eigenvalue weighted by Crippen LogP contribution is 2.28. The van der Waals surface area contributed by atoms with Gasteiger partial charge in [-0.15, -0.1) is 0 Å². The standard InChI is InChI=1S/C11H15F2N/c1-11(8-14,10(12)13)7-9-5-3-2-4-6-9/h2-6,10H,7-8,14H2,1H3.